The average molecular weight is 369 g/mol. The van der Waals surface area contributed by atoms with Gasteiger partial charge in [0.05, 0.1) is 26.2 Å². The third-order valence-corrected chi connectivity index (χ3v) is 3.15. The number of benzene rings is 1. The van der Waals surface area contributed by atoms with E-state index in [0.29, 0.717) is 25.6 Å². The Morgan fingerprint density at radius 3 is 1.85 bits per heavy atom. The molecule has 144 valence electrons. The van der Waals surface area contributed by atoms with Crippen molar-refractivity contribution in [3.8, 4) is 17.2 Å². The van der Waals surface area contributed by atoms with E-state index in [9.17, 15) is 14.4 Å². The van der Waals surface area contributed by atoms with Crippen LogP contribution in [0.25, 0.3) is 0 Å². The second-order valence-corrected chi connectivity index (χ2v) is 5.06. The number of hydrogen-bond donors (Lipinski definition) is 3. The molecule has 0 aromatic heterocycles. The molecule has 1 amide bonds. The fraction of sp³-hybridized carbons (Fsp3) is 0.471. The number of ether oxygens (including phenoxy) is 3. The highest BCUT2D eigenvalue weighted by Gasteiger charge is 2.25. The summed E-state index contributed by atoms with van der Waals surface area (Å²) < 4.78 is 16.5. The molecule has 0 aliphatic carbocycles. The Balaban J connectivity index is 3.22. The molecule has 0 saturated heterocycles. The molecule has 9 heteroatoms. The van der Waals surface area contributed by atoms with Crippen molar-refractivity contribution in [2.45, 2.75) is 33.2 Å². The van der Waals surface area contributed by atoms with E-state index < -0.39 is 30.3 Å². The molecule has 0 unspecified atom stereocenters. The van der Waals surface area contributed by atoms with E-state index in [0.717, 1.165) is 0 Å². The summed E-state index contributed by atoms with van der Waals surface area (Å²) in [7, 11) is 0. The second-order valence-electron chi connectivity index (χ2n) is 5.06. The van der Waals surface area contributed by atoms with E-state index in [1.54, 1.807) is 20.8 Å². The molecule has 26 heavy (non-hydrogen) atoms. The van der Waals surface area contributed by atoms with E-state index in [2.05, 4.69) is 5.32 Å². The molecule has 1 aromatic rings. The van der Waals surface area contributed by atoms with Gasteiger partial charge >= 0.3 is 11.9 Å². The quantitative estimate of drug-likeness (QED) is 0.535. The van der Waals surface area contributed by atoms with Gasteiger partial charge in [-0.2, -0.15) is 0 Å². The van der Waals surface area contributed by atoms with E-state index >= 15 is 0 Å². The van der Waals surface area contributed by atoms with Crippen LogP contribution in [0.3, 0.4) is 0 Å². The Bertz CT molecular complexity index is 631. The number of carboxylic acids is 2. The lowest BCUT2D eigenvalue weighted by Gasteiger charge is -2.18. The molecule has 0 bridgehead atoms. The summed E-state index contributed by atoms with van der Waals surface area (Å²) in [5.74, 6) is -2.65. The molecule has 1 rings (SSSR count). The molecule has 0 spiro atoms. The van der Waals surface area contributed by atoms with Gasteiger partial charge in [0, 0.05) is 5.56 Å². The lowest BCUT2D eigenvalue weighted by atomic mass is 10.1. The Morgan fingerprint density at radius 2 is 1.46 bits per heavy atom. The highest BCUT2D eigenvalue weighted by Crippen LogP contribution is 2.39. The van der Waals surface area contributed by atoms with Gasteiger partial charge in [0.25, 0.3) is 5.91 Å². The fourth-order valence-electron chi connectivity index (χ4n) is 2.14. The second kappa shape index (κ2) is 10.1. The smallest absolute Gasteiger partial charge is 0.326 e. The zero-order chi connectivity index (χ0) is 19.7. The number of nitrogens with one attached hydrogen (secondary N) is 1. The summed E-state index contributed by atoms with van der Waals surface area (Å²) in [6, 6.07) is 1.23. The molecule has 9 nitrogen and oxygen atoms in total. The Morgan fingerprint density at radius 1 is 0.962 bits per heavy atom. The van der Waals surface area contributed by atoms with E-state index in [1.807, 2.05) is 0 Å². The molecule has 0 aliphatic heterocycles. The monoisotopic (exact) mass is 369 g/mol. The van der Waals surface area contributed by atoms with Crippen molar-refractivity contribution >= 4 is 17.8 Å². The van der Waals surface area contributed by atoms with Crippen molar-refractivity contribution in [3.05, 3.63) is 17.7 Å². The Labute approximate surface area is 150 Å². The van der Waals surface area contributed by atoms with Gasteiger partial charge in [-0.15, -0.1) is 0 Å². The zero-order valence-corrected chi connectivity index (χ0v) is 14.9. The average Bonchev–Trinajstić information content (AvgIpc) is 2.56. The summed E-state index contributed by atoms with van der Waals surface area (Å²) in [6.07, 6.45) is -0.741. The first kappa shape index (κ1) is 21.1. The van der Waals surface area contributed by atoms with E-state index in [-0.39, 0.29) is 17.1 Å². The van der Waals surface area contributed by atoms with Crippen molar-refractivity contribution in [2.75, 3.05) is 19.8 Å². The maximum Gasteiger partial charge on any atom is 0.326 e. The van der Waals surface area contributed by atoms with Crippen LogP contribution in [0.15, 0.2) is 12.1 Å². The van der Waals surface area contributed by atoms with E-state index in [4.69, 9.17) is 24.4 Å². The third kappa shape index (κ3) is 5.83. The molecule has 0 aliphatic rings. The summed E-state index contributed by atoms with van der Waals surface area (Å²) in [5.41, 5.74) is 0.0667. The Kier molecular flexibility index (Phi) is 8.20. The van der Waals surface area contributed by atoms with Crippen LogP contribution in [0.2, 0.25) is 0 Å². The Hall–Kier alpha value is -2.97. The fourth-order valence-corrected chi connectivity index (χ4v) is 2.14. The van der Waals surface area contributed by atoms with Crippen LogP contribution < -0.4 is 19.5 Å². The first-order valence-electron chi connectivity index (χ1n) is 8.15. The molecule has 1 aromatic carbocycles. The number of carbonyl (C=O) groups is 3. The van der Waals surface area contributed by atoms with Crippen LogP contribution in [-0.4, -0.2) is 53.9 Å². The summed E-state index contributed by atoms with van der Waals surface area (Å²) in [6.45, 7) is 6.29. The van der Waals surface area contributed by atoms with E-state index in [1.165, 1.54) is 12.1 Å². The van der Waals surface area contributed by atoms with Crippen LogP contribution in [0.5, 0.6) is 17.2 Å². The minimum Gasteiger partial charge on any atom is -0.490 e. The molecular formula is C17H23NO8. The summed E-state index contributed by atoms with van der Waals surface area (Å²) >= 11 is 0. The van der Waals surface area contributed by atoms with Gasteiger partial charge in [0.1, 0.15) is 6.04 Å². The predicted molar refractivity (Wildman–Crippen MR) is 91.1 cm³/mol. The number of aliphatic carboxylic acids is 2. The summed E-state index contributed by atoms with van der Waals surface area (Å²) in [5, 5.41) is 20.0. The van der Waals surface area contributed by atoms with Gasteiger partial charge in [0.15, 0.2) is 11.5 Å². The highest BCUT2D eigenvalue weighted by molar-refractivity contribution is 5.98. The largest absolute Gasteiger partial charge is 0.490 e. The number of hydrogen-bond acceptors (Lipinski definition) is 6. The lowest BCUT2D eigenvalue weighted by molar-refractivity contribution is -0.145. The van der Waals surface area contributed by atoms with Crippen LogP contribution >= 0.6 is 0 Å². The molecule has 1 atom stereocenters. The van der Waals surface area contributed by atoms with Crippen LogP contribution in [0.4, 0.5) is 0 Å². The standard InChI is InChI=1S/C17H23NO8/c1-4-24-12-7-10(8-13(25-5-2)15(12)26-6-3)16(21)18-11(17(22)23)9-14(19)20/h7-8,11H,4-6,9H2,1-3H3,(H,18,21)(H,19,20)(H,22,23)/t11-/m0/s1. The number of carbonyl (C=O) groups excluding carboxylic acids is 1. The van der Waals surface area contributed by atoms with Crippen molar-refractivity contribution in [1.29, 1.82) is 0 Å². The van der Waals surface area contributed by atoms with Gasteiger partial charge in [-0.25, -0.2) is 4.79 Å². The van der Waals surface area contributed by atoms with Crippen molar-refractivity contribution in [1.82, 2.24) is 5.32 Å². The first-order chi connectivity index (χ1) is 12.3. The van der Waals surface area contributed by atoms with Crippen molar-refractivity contribution < 1.29 is 38.8 Å². The van der Waals surface area contributed by atoms with Crippen LogP contribution in [-0.2, 0) is 9.59 Å². The molecular weight excluding hydrogens is 346 g/mol. The van der Waals surface area contributed by atoms with Crippen molar-refractivity contribution in [2.24, 2.45) is 0 Å². The van der Waals surface area contributed by atoms with Gasteiger partial charge in [0.2, 0.25) is 5.75 Å². The number of carboxylic acid groups (broad SMARTS) is 2. The maximum atomic E-state index is 12.4. The molecule has 0 fully saturated rings. The predicted octanol–water partition coefficient (Wildman–Crippen LogP) is 1.54. The normalized spacial score (nSPS) is 11.3. The van der Waals surface area contributed by atoms with Crippen LogP contribution in [0.1, 0.15) is 37.6 Å². The molecule has 0 heterocycles. The number of rotatable bonds is 11. The molecule has 3 N–H and O–H groups in total. The van der Waals surface area contributed by atoms with Gasteiger partial charge in [-0.05, 0) is 32.9 Å². The SMILES string of the molecule is CCOc1cc(C(=O)N[C@@H](CC(=O)O)C(=O)O)cc(OCC)c1OCC. The first-order valence-corrected chi connectivity index (χ1v) is 8.15. The summed E-state index contributed by atoms with van der Waals surface area (Å²) in [4.78, 5) is 34.3. The minimum absolute atomic E-state index is 0.0667. The van der Waals surface area contributed by atoms with Crippen LogP contribution in [0, 0.1) is 0 Å². The maximum absolute atomic E-state index is 12.4. The minimum atomic E-state index is -1.56. The number of amides is 1. The lowest BCUT2D eigenvalue weighted by Crippen LogP contribution is -2.42. The molecule has 0 saturated carbocycles. The third-order valence-electron chi connectivity index (χ3n) is 3.15. The van der Waals surface area contributed by atoms with Gasteiger partial charge in [-0.1, -0.05) is 0 Å². The van der Waals surface area contributed by atoms with Gasteiger partial charge in [-0.3, -0.25) is 9.59 Å². The highest BCUT2D eigenvalue weighted by atomic mass is 16.5. The molecule has 0 radical (unpaired) electrons. The zero-order valence-electron chi connectivity index (χ0n) is 14.9. The van der Waals surface area contributed by atoms with Gasteiger partial charge < -0.3 is 29.7 Å². The topological polar surface area (TPSA) is 131 Å². The van der Waals surface area contributed by atoms with Crippen molar-refractivity contribution in [3.63, 3.8) is 0 Å².